The number of benzene rings is 1. The highest BCUT2D eigenvalue weighted by Crippen LogP contribution is 2.31. The van der Waals surface area contributed by atoms with Gasteiger partial charge in [-0.3, -0.25) is 0 Å². The van der Waals surface area contributed by atoms with Gasteiger partial charge >= 0.3 is 0 Å². The monoisotopic (exact) mass is 299 g/mol. The highest BCUT2D eigenvalue weighted by atomic mass is 32.1. The van der Waals surface area contributed by atoms with Gasteiger partial charge in [0.05, 0.1) is 12.5 Å². The Morgan fingerprint density at radius 1 is 1.24 bits per heavy atom. The number of fused-ring (bicyclic) bond motifs is 1. The predicted molar refractivity (Wildman–Crippen MR) is 88.3 cm³/mol. The van der Waals surface area contributed by atoms with Crippen LogP contribution in [0.2, 0.25) is 0 Å². The summed E-state index contributed by atoms with van der Waals surface area (Å²) in [6, 6.07) is 9.96. The summed E-state index contributed by atoms with van der Waals surface area (Å²) in [5.41, 5.74) is 0.960. The number of hydrogen-bond acceptors (Lipinski definition) is 5. The fourth-order valence-corrected chi connectivity index (χ4v) is 3.11. The minimum absolute atomic E-state index is 0.721. The van der Waals surface area contributed by atoms with Crippen molar-refractivity contribution >= 4 is 27.4 Å². The van der Waals surface area contributed by atoms with Crippen LogP contribution in [0, 0.1) is 6.92 Å². The Morgan fingerprint density at radius 3 is 2.86 bits per heavy atom. The van der Waals surface area contributed by atoms with E-state index in [1.165, 1.54) is 4.88 Å². The van der Waals surface area contributed by atoms with Crippen LogP contribution < -0.4 is 10.1 Å². The second-order valence-corrected chi connectivity index (χ2v) is 5.97. The van der Waals surface area contributed by atoms with Crippen LogP contribution in [-0.4, -0.2) is 23.6 Å². The molecule has 2 heterocycles. The molecule has 4 nitrogen and oxygen atoms in total. The van der Waals surface area contributed by atoms with Gasteiger partial charge in [0.15, 0.2) is 5.82 Å². The molecule has 21 heavy (non-hydrogen) atoms. The van der Waals surface area contributed by atoms with Gasteiger partial charge in [-0.25, -0.2) is 9.97 Å². The summed E-state index contributed by atoms with van der Waals surface area (Å²) in [5.74, 6) is 2.42. The predicted octanol–water partition coefficient (Wildman–Crippen LogP) is 4.11. The summed E-state index contributed by atoms with van der Waals surface area (Å²) in [4.78, 5) is 11.6. The summed E-state index contributed by atoms with van der Waals surface area (Å²) >= 11 is 1.69. The molecule has 0 spiro atoms. The Hall–Kier alpha value is -2.14. The lowest BCUT2D eigenvalue weighted by atomic mass is 10.2. The van der Waals surface area contributed by atoms with Crippen LogP contribution in [0.3, 0.4) is 0 Å². The fourth-order valence-electron chi connectivity index (χ4n) is 2.24. The molecule has 0 atom stereocenters. The molecular weight excluding hydrogens is 282 g/mol. The van der Waals surface area contributed by atoms with Crippen molar-refractivity contribution in [3.63, 3.8) is 0 Å². The summed E-state index contributed by atoms with van der Waals surface area (Å²) in [6.07, 6.45) is 0. The maximum absolute atomic E-state index is 5.28. The molecule has 3 rings (SSSR count). The standard InChI is InChI=1S/C16H17N3OS/c1-4-17-15-13-8-10(2)21-16(13)19-14(18-15)11-6-5-7-12(9-11)20-3/h5-9H,4H2,1-3H3,(H,17,18,19). The number of anilines is 1. The smallest absolute Gasteiger partial charge is 0.163 e. The van der Waals surface area contributed by atoms with Crippen LogP contribution >= 0.6 is 11.3 Å². The molecule has 1 aromatic carbocycles. The number of thiophene rings is 1. The van der Waals surface area contributed by atoms with Gasteiger partial charge in [-0.15, -0.1) is 11.3 Å². The summed E-state index contributed by atoms with van der Waals surface area (Å²) in [6.45, 7) is 4.99. The molecule has 0 bridgehead atoms. The van der Waals surface area contributed by atoms with E-state index in [9.17, 15) is 0 Å². The number of nitrogens with one attached hydrogen (secondary N) is 1. The van der Waals surface area contributed by atoms with E-state index in [2.05, 4.69) is 30.2 Å². The van der Waals surface area contributed by atoms with Crippen molar-refractivity contribution in [3.8, 4) is 17.1 Å². The Balaban J connectivity index is 2.17. The fraction of sp³-hybridized carbons (Fsp3) is 0.250. The largest absolute Gasteiger partial charge is 0.497 e. The molecule has 0 fully saturated rings. The number of methoxy groups -OCH3 is 1. The molecule has 1 N–H and O–H groups in total. The number of aryl methyl sites for hydroxylation is 1. The van der Waals surface area contributed by atoms with Gasteiger partial charge < -0.3 is 10.1 Å². The molecule has 0 radical (unpaired) electrons. The minimum Gasteiger partial charge on any atom is -0.497 e. The van der Waals surface area contributed by atoms with Crippen molar-refractivity contribution in [2.24, 2.45) is 0 Å². The van der Waals surface area contributed by atoms with Crippen LogP contribution in [0.1, 0.15) is 11.8 Å². The van der Waals surface area contributed by atoms with Crippen molar-refractivity contribution in [2.75, 3.05) is 19.0 Å². The van der Waals surface area contributed by atoms with E-state index >= 15 is 0 Å². The van der Waals surface area contributed by atoms with Gasteiger partial charge in [0.2, 0.25) is 0 Å². The van der Waals surface area contributed by atoms with E-state index in [-0.39, 0.29) is 0 Å². The van der Waals surface area contributed by atoms with Crippen molar-refractivity contribution in [1.82, 2.24) is 9.97 Å². The van der Waals surface area contributed by atoms with E-state index in [0.29, 0.717) is 0 Å². The van der Waals surface area contributed by atoms with Gasteiger partial charge in [0, 0.05) is 17.0 Å². The van der Waals surface area contributed by atoms with E-state index in [0.717, 1.165) is 39.7 Å². The maximum atomic E-state index is 5.28. The van der Waals surface area contributed by atoms with Crippen LogP contribution in [0.25, 0.3) is 21.6 Å². The molecular formula is C16H17N3OS. The second kappa shape index (κ2) is 5.69. The quantitative estimate of drug-likeness (QED) is 0.787. The van der Waals surface area contributed by atoms with E-state index in [4.69, 9.17) is 9.72 Å². The van der Waals surface area contributed by atoms with Crippen molar-refractivity contribution in [3.05, 3.63) is 35.2 Å². The first-order chi connectivity index (χ1) is 10.2. The Bertz CT molecular complexity index is 782. The zero-order valence-corrected chi connectivity index (χ0v) is 13.1. The van der Waals surface area contributed by atoms with E-state index in [1.54, 1.807) is 18.4 Å². The molecule has 2 aromatic heterocycles. The molecule has 0 saturated carbocycles. The third-order valence-electron chi connectivity index (χ3n) is 3.19. The van der Waals surface area contributed by atoms with Gasteiger partial charge in [-0.05, 0) is 32.0 Å². The first-order valence-electron chi connectivity index (χ1n) is 6.87. The van der Waals surface area contributed by atoms with Gasteiger partial charge in [0.1, 0.15) is 16.4 Å². The van der Waals surface area contributed by atoms with Crippen molar-refractivity contribution in [2.45, 2.75) is 13.8 Å². The van der Waals surface area contributed by atoms with Crippen LogP contribution in [-0.2, 0) is 0 Å². The number of aromatic nitrogens is 2. The topological polar surface area (TPSA) is 47.0 Å². The lowest BCUT2D eigenvalue weighted by Gasteiger charge is -2.08. The molecule has 0 aliphatic rings. The van der Waals surface area contributed by atoms with Crippen molar-refractivity contribution < 1.29 is 4.74 Å². The molecule has 0 aliphatic heterocycles. The molecule has 3 aromatic rings. The van der Waals surface area contributed by atoms with E-state index in [1.807, 2.05) is 24.3 Å². The first-order valence-corrected chi connectivity index (χ1v) is 7.69. The molecule has 0 saturated heterocycles. The summed E-state index contributed by atoms with van der Waals surface area (Å²) < 4.78 is 5.28. The second-order valence-electron chi connectivity index (χ2n) is 4.73. The van der Waals surface area contributed by atoms with Crippen LogP contribution in [0.5, 0.6) is 5.75 Å². The number of rotatable bonds is 4. The lowest BCUT2D eigenvalue weighted by Crippen LogP contribution is -2.02. The third kappa shape index (κ3) is 2.69. The Kier molecular flexibility index (Phi) is 3.75. The molecule has 0 aliphatic carbocycles. The molecule has 0 amide bonds. The zero-order valence-electron chi connectivity index (χ0n) is 12.3. The average Bonchev–Trinajstić information content (AvgIpc) is 2.88. The summed E-state index contributed by atoms with van der Waals surface area (Å²) in [5, 5.41) is 4.42. The van der Waals surface area contributed by atoms with Crippen LogP contribution in [0.4, 0.5) is 5.82 Å². The first kappa shape index (κ1) is 13.8. The maximum Gasteiger partial charge on any atom is 0.163 e. The Morgan fingerprint density at radius 2 is 2.10 bits per heavy atom. The van der Waals surface area contributed by atoms with Crippen molar-refractivity contribution in [1.29, 1.82) is 0 Å². The molecule has 108 valence electrons. The van der Waals surface area contributed by atoms with Gasteiger partial charge in [0.25, 0.3) is 0 Å². The normalized spacial score (nSPS) is 10.8. The minimum atomic E-state index is 0.721. The molecule has 0 unspecified atom stereocenters. The summed E-state index contributed by atoms with van der Waals surface area (Å²) in [7, 11) is 1.66. The highest BCUT2D eigenvalue weighted by molar-refractivity contribution is 7.18. The highest BCUT2D eigenvalue weighted by Gasteiger charge is 2.11. The average molecular weight is 299 g/mol. The third-order valence-corrected chi connectivity index (χ3v) is 4.13. The Labute approximate surface area is 127 Å². The lowest BCUT2D eigenvalue weighted by molar-refractivity contribution is 0.415. The van der Waals surface area contributed by atoms with Gasteiger partial charge in [-0.2, -0.15) is 0 Å². The van der Waals surface area contributed by atoms with E-state index < -0.39 is 0 Å². The van der Waals surface area contributed by atoms with Gasteiger partial charge in [-0.1, -0.05) is 12.1 Å². The SMILES string of the molecule is CCNc1nc(-c2cccc(OC)c2)nc2sc(C)cc12. The number of ether oxygens (including phenoxy) is 1. The molecule has 5 heteroatoms. The number of hydrogen-bond donors (Lipinski definition) is 1. The van der Waals surface area contributed by atoms with Crippen LogP contribution in [0.15, 0.2) is 30.3 Å². The zero-order chi connectivity index (χ0) is 14.8. The number of nitrogens with zero attached hydrogens (tertiary/aromatic N) is 2.